The van der Waals surface area contributed by atoms with Crippen LogP contribution >= 0.6 is 0 Å². The molecule has 0 N–H and O–H groups in total. The third kappa shape index (κ3) is 2.50. The summed E-state index contributed by atoms with van der Waals surface area (Å²) in [7, 11) is 0. The van der Waals surface area contributed by atoms with Crippen LogP contribution in [0.3, 0.4) is 0 Å². The van der Waals surface area contributed by atoms with Crippen LogP contribution < -0.4 is 0 Å². The van der Waals surface area contributed by atoms with Gasteiger partial charge >= 0.3 is 0 Å². The summed E-state index contributed by atoms with van der Waals surface area (Å²) in [5.41, 5.74) is 6.52. The summed E-state index contributed by atoms with van der Waals surface area (Å²) >= 11 is 0. The van der Waals surface area contributed by atoms with Crippen molar-refractivity contribution in [3.63, 3.8) is 0 Å². The lowest BCUT2D eigenvalue weighted by Crippen LogP contribution is -1.97. The maximum atomic E-state index is 5.00. The van der Waals surface area contributed by atoms with Gasteiger partial charge < -0.3 is 0 Å². The van der Waals surface area contributed by atoms with Crippen molar-refractivity contribution in [1.82, 2.24) is 19.4 Å². The molecular weight excluding hydrogens is 356 g/mol. The molecule has 0 unspecified atom stereocenters. The molecule has 0 saturated carbocycles. The first-order valence-electron chi connectivity index (χ1n) is 9.57. The fourth-order valence-corrected chi connectivity index (χ4v) is 3.87. The zero-order valence-electron chi connectivity index (χ0n) is 15.5. The SMILES string of the molecule is c1ccc(-c2nc(-c3ccccc3)c3c(n2)nc2ccc4ccccc4n23)cc1. The summed E-state index contributed by atoms with van der Waals surface area (Å²) in [5, 5.41) is 1.16. The lowest BCUT2D eigenvalue weighted by Gasteiger charge is -2.09. The highest BCUT2D eigenvalue weighted by atomic mass is 15.1. The van der Waals surface area contributed by atoms with Gasteiger partial charge in [-0.05, 0) is 23.6 Å². The Hall–Kier alpha value is -4.05. The van der Waals surface area contributed by atoms with Gasteiger partial charge in [0.05, 0.1) is 5.52 Å². The van der Waals surface area contributed by atoms with Gasteiger partial charge in [-0.3, -0.25) is 4.40 Å². The van der Waals surface area contributed by atoms with E-state index in [1.165, 1.54) is 0 Å². The highest BCUT2D eigenvalue weighted by molar-refractivity contribution is 5.96. The van der Waals surface area contributed by atoms with E-state index in [0.29, 0.717) is 11.5 Å². The molecule has 6 rings (SSSR count). The number of hydrogen-bond acceptors (Lipinski definition) is 3. The molecule has 0 spiro atoms. The number of para-hydroxylation sites is 1. The summed E-state index contributed by atoms with van der Waals surface area (Å²) in [6, 6.07) is 32.8. The van der Waals surface area contributed by atoms with Gasteiger partial charge in [0.2, 0.25) is 0 Å². The van der Waals surface area contributed by atoms with Gasteiger partial charge in [-0.2, -0.15) is 0 Å². The fraction of sp³-hybridized carbons (Fsp3) is 0. The maximum absolute atomic E-state index is 5.00. The number of benzene rings is 3. The van der Waals surface area contributed by atoms with Crippen LogP contribution in [0, 0.1) is 0 Å². The second-order valence-corrected chi connectivity index (χ2v) is 7.00. The summed E-state index contributed by atoms with van der Waals surface area (Å²) < 4.78 is 2.17. The van der Waals surface area contributed by atoms with E-state index in [1.54, 1.807) is 0 Å². The molecule has 29 heavy (non-hydrogen) atoms. The van der Waals surface area contributed by atoms with Crippen LogP contribution in [0.1, 0.15) is 0 Å². The standard InChI is InChI=1S/C25H16N4/c1-3-10-18(11-4-1)22-23-25(28-24(27-22)19-12-5-2-6-13-19)26-21-16-15-17-9-7-8-14-20(17)29(21)23/h1-16H. The van der Waals surface area contributed by atoms with Crippen molar-refractivity contribution in [3.8, 4) is 22.6 Å². The smallest absolute Gasteiger partial charge is 0.183 e. The van der Waals surface area contributed by atoms with Gasteiger partial charge in [0.25, 0.3) is 0 Å². The number of rotatable bonds is 2. The van der Waals surface area contributed by atoms with E-state index in [4.69, 9.17) is 15.0 Å². The first-order valence-corrected chi connectivity index (χ1v) is 9.57. The minimum atomic E-state index is 0.685. The quantitative estimate of drug-likeness (QED) is 0.388. The monoisotopic (exact) mass is 372 g/mol. The normalized spacial score (nSPS) is 11.4. The number of nitrogens with zero attached hydrogens (tertiary/aromatic N) is 4. The van der Waals surface area contributed by atoms with Crippen molar-refractivity contribution in [2.75, 3.05) is 0 Å². The Balaban J connectivity index is 1.80. The van der Waals surface area contributed by atoms with E-state index in [0.717, 1.165) is 38.9 Å². The predicted octanol–water partition coefficient (Wildman–Crippen LogP) is 5.76. The number of imidazole rings is 1. The van der Waals surface area contributed by atoms with E-state index >= 15 is 0 Å². The molecule has 0 radical (unpaired) electrons. The zero-order chi connectivity index (χ0) is 19.2. The van der Waals surface area contributed by atoms with Crippen molar-refractivity contribution >= 4 is 27.7 Å². The first kappa shape index (κ1) is 16.0. The van der Waals surface area contributed by atoms with Crippen molar-refractivity contribution in [2.24, 2.45) is 0 Å². The Morgan fingerprint density at radius 2 is 1.24 bits per heavy atom. The largest absolute Gasteiger partial charge is 0.289 e. The number of aromatic nitrogens is 4. The average Bonchev–Trinajstić information content (AvgIpc) is 3.19. The number of pyridine rings is 1. The third-order valence-corrected chi connectivity index (χ3v) is 5.21. The highest BCUT2D eigenvalue weighted by Gasteiger charge is 2.17. The predicted molar refractivity (Wildman–Crippen MR) is 117 cm³/mol. The van der Waals surface area contributed by atoms with Gasteiger partial charge in [-0.15, -0.1) is 0 Å². The summed E-state index contributed by atoms with van der Waals surface area (Å²) in [6.07, 6.45) is 0. The average molecular weight is 372 g/mol. The lowest BCUT2D eigenvalue weighted by atomic mass is 10.1. The molecule has 0 amide bonds. The topological polar surface area (TPSA) is 43.1 Å². The zero-order valence-corrected chi connectivity index (χ0v) is 15.5. The Kier molecular flexibility index (Phi) is 3.43. The molecule has 3 heterocycles. The second-order valence-electron chi connectivity index (χ2n) is 7.00. The molecular formula is C25H16N4. The number of hydrogen-bond donors (Lipinski definition) is 0. The van der Waals surface area contributed by atoms with Gasteiger partial charge in [-0.25, -0.2) is 15.0 Å². The molecule has 3 aromatic carbocycles. The molecule has 0 aliphatic carbocycles. The molecule has 0 bridgehead atoms. The summed E-state index contributed by atoms with van der Waals surface area (Å²) in [5.74, 6) is 0.685. The Morgan fingerprint density at radius 3 is 2.03 bits per heavy atom. The number of fused-ring (bicyclic) bond motifs is 5. The molecule has 0 atom stereocenters. The van der Waals surface area contributed by atoms with Crippen molar-refractivity contribution in [1.29, 1.82) is 0 Å². The molecule has 0 aliphatic rings. The van der Waals surface area contributed by atoms with Crippen LogP contribution in [0.25, 0.3) is 50.4 Å². The van der Waals surface area contributed by atoms with E-state index in [9.17, 15) is 0 Å². The van der Waals surface area contributed by atoms with E-state index in [-0.39, 0.29) is 0 Å². The molecule has 136 valence electrons. The van der Waals surface area contributed by atoms with Crippen molar-refractivity contribution < 1.29 is 0 Å². The van der Waals surface area contributed by atoms with Gasteiger partial charge in [0.1, 0.15) is 16.9 Å². The van der Waals surface area contributed by atoms with Crippen LogP contribution in [0.5, 0.6) is 0 Å². The lowest BCUT2D eigenvalue weighted by molar-refractivity contribution is 1.20. The molecule has 3 aromatic heterocycles. The van der Waals surface area contributed by atoms with Crippen LogP contribution in [0.2, 0.25) is 0 Å². The van der Waals surface area contributed by atoms with Crippen LogP contribution in [-0.2, 0) is 0 Å². The molecule has 0 aliphatic heterocycles. The van der Waals surface area contributed by atoms with Crippen LogP contribution in [0.4, 0.5) is 0 Å². The van der Waals surface area contributed by atoms with Crippen LogP contribution in [-0.4, -0.2) is 19.4 Å². The molecule has 0 fully saturated rings. The van der Waals surface area contributed by atoms with Crippen molar-refractivity contribution in [2.45, 2.75) is 0 Å². The third-order valence-electron chi connectivity index (χ3n) is 5.21. The minimum Gasteiger partial charge on any atom is -0.289 e. The highest BCUT2D eigenvalue weighted by Crippen LogP contribution is 2.31. The second kappa shape index (κ2) is 6.24. The van der Waals surface area contributed by atoms with E-state index in [2.05, 4.69) is 46.9 Å². The molecule has 6 aromatic rings. The molecule has 4 nitrogen and oxygen atoms in total. The van der Waals surface area contributed by atoms with E-state index < -0.39 is 0 Å². The van der Waals surface area contributed by atoms with Gasteiger partial charge in [0, 0.05) is 11.1 Å². The fourth-order valence-electron chi connectivity index (χ4n) is 3.87. The molecule has 0 saturated heterocycles. The first-order chi connectivity index (χ1) is 14.4. The summed E-state index contributed by atoms with van der Waals surface area (Å²) in [4.78, 5) is 14.7. The maximum Gasteiger partial charge on any atom is 0.183 e. The summed E-state index contributed by atoms with van der Waals surface area (Å²) in [6.45, 7) is 0. The Labute approximate surface area is 167 Å². The minimum absolute atomic E-state index is 0.685. The van der Waals surface area contributed by atoms with E-state index in [1.807, 2.05) is 54.6 Å². The van der Waals surface area contributed by atoms with Crippen LogP contribution in [0.15, 0.2) is 97.1 Å². The Bertz CT molecular complexity index is 1490. The van der Waals surface area contributed by atoms with Gasteiger partial charge in [-0.1, -0.05) is 78.9 Å². The molecule has 4 heteroatoms. The van der Waals surface area contributed by atoms with Gasteiger partial charge in [0.15, 0.2) is 11.5 Å². The van der Waals surface area contributed by atoms with Crippen molar-refractivity contribution in [3.05, 3.63) is 97.1 Å². The Morgan fingerprint density at radius 1 is 0.552 bits per heavy atom.